The zero-order valence-electron chi connectivity index (χ0n) is 23.3. The van der Waals surface area contributed by atoms with Crippen molar-refractivity contribution in [2.24, 2.45) is 5.73 Å². The molecule has 42 heavy (non-hydrogen) atoms. The van der Waals surface area contributed by atoms with E-state index in [0.29, 0.717) is 55.1 Å². The Balaban J connectivity index is 1.36. The number of hydrogen-bond donors (Lipinski definition) is 3. The minimum atomic E-state index is -0.445. The molecule has 3 aromatic rings. The molecule has 0 bridgehead atoms. The standard InChI is InChI=1S/C32H35F2N5O3/c33-24-7-2-21(3-8-24)30(40)37-28-20-23(31(41)36-27-13-11-26(35)12-14-27)6-15-29(28)38-16-1-17-39(19-18-38)32(42)22-4-9-25(34)10-5-22/h2-10,15,20,26-27H,1,11-14,16-19,35H2,(H,36,41)(H,37,40). The van der Waals surface area contributed by atoms with E-state index in [1.807, 2.05) is 6.07 Å². The van der Waals surface area contributed by atoms with Gasteiger partial charge in [-0.15, -0.1) is 0 Å². The molecule has 0 spiro atoms. The van der Waals surface area contributed by atoms with Crippen LogP contribution in [0.2, 0.25) is 0 Å². The van der Waals surface area contributed by atoms with Crippen LogP contribution in [0.4, 0.5) is 20.2 Å². The third-order valence-electron chi connectivity index (χ3n) is 7.94. The highest BCUT2D eigenvalue weighted by molar-refractivity contribution is 6.07. The van der Waals surface area contributed by atoms with Gasteiger partial charge < -0.3 is 26.2 Å². The number of benzene rings is 3. The zero-order chi connectivity index (χ0) is 29.6. The predicted molar refractivity (Wildman–Crippen MR) is 158 cm³/mol. The number of halogens is 2. The number of carbonyl (C=O) groups is 3. The van der Waals surface area contributed by atoms with Gasteiger partial charge in [-0.1, -0.05) is 0 Å². The van der Waals surface area contributed by atoms with Gasteiger partial charge in [0.05, 0.1) is 11.4 Å². The van der Waals surface area contributed by atoms with Crippen LogP contribution in [0.15, 0.2) is 66.7 Å². The van der Waals surface area contributed by atoms with Crippen LogP contribution >= 0.6 is 0 Å². The van der Waals surface area contributed by atoms with Gasteiger partial charge in [0, 0.05) is 55.0 Å². The molecular weight excluding hydrogens is 540 g/mol. The third kappa shape index (κ3) is 7.12. The minimum Gasteiger partial charge on any atom is -0.368 e. The Labute approximate surface area is 243 Å². The fourth-order valence-corrected chi connectivity index (χ4v) is 5.52. The second-order valence-electron chi connectivity index (χ2n) is 10.9. The summed E-state index contributed by atoms with van der Waals surface area (Å²) < 4.78 is 26.8. The van der Waals surface area contributed by atoms with E-state index in [1.165, 1.54) is 48.5 Å². The minimum absolute atomic E-state index is 0.0458. The van der Waals surface area contributed by atoms with Crippen LogP contribution in [0.5, 0.6) is 0 Å². The Morgan fingerprint density at radius 1 is 0.714 bits per heavy atom. The van der Waals surface area contributed by atoms with Gasteiger partial charge in [-0.2, -0.15) is 0 Å². The second-order valence-corrected chi connectivity index (χ2v) is 10.9. The third-order valence-corrected chi connectivity index (χ3v) is 7.94. The van der Waals surface area contributed by atoms with Gasteiger partial charge in [0.2, 0.25) is 0 Å². The van der Waals surface area contributed by atoms with E-state index in [-0.39, 0.29) is 29.5 Å². The molecule has 220 valence electrons. The first-order valence-corrected chi connectivity index (χ1v) is 14.3. The summed E-state index contributed by atoms with van der Waals surface area (Å²) >= 11 is 0. The largest absolute Gasteiger partial charge is 0.368 e. The smallest absolute Gasteiger partial charge is 0.255 e. The molecule has 2 aliphatic rings. The number of nitrogens with one attached hydrogen (secondary N) is 2. The first kappa shape index (κ1) is 29.2. The van der Waals surface area contributed by atoms with Crippen LogP contribution in [-0.4, -0.2) is 60.9 Å². The van der Waals surface area contributed by atoms with E-state index in [9.17, 15) is 23.2 Å². The van der Waals surface area contributed by atoms with Crippen molar-refractivity contribution < 1.29 is 23.2 Å². The molecule has 4 N–H and O–H groups in total. The summed E-state index contributed by atoms with van der Waals surface area (Å²) in [6.45, 7) is 2.05. The van der Waals surface area contributed by atoms with E-state index in [4.69, 9.17) is 5.73 Å². The maximum absolute atomic E-state index is 13.5. The fraction of sp³-hybridized carbons (Fsp3) is 0.344. The number of nitrogens with zero attached hydrogens (tertiary/aromatic N) is 2. The molecule has 1 heterocycles. The number of amides is 3. The lowest BCUT2D eigenvalue weighted by Crippen LogP contribution is -2.40. The highest BCUT2D eigenvalue weighted by Crippen LogP contribution is 2.30. The van der Waals surface area contributed by atoms with Crippen LogP contribution in [-0.2, 0) is 0 Å². The first-order valence-electron chi connectivity index (χ1n) is 14.3. The summed E-state index contributed by atoms with van der Waals surface area (Å²) in [5, 5.41) is 6.01. The van der Waals surface area contributed by atoms with Crippen LogP contribution in [0, 0.1) is 11.6 Å². The van der Waals surface area contributed by atoms with Crippen LogP contribution in [0.1, 0.15) is 63.2 Å². The number of rotatable bonds is 6. The first-order chi connectivity index (χ1) is 20.3. The van der Waals surface area contributed by atoms with Crippen molar-refractivity contribution >= 4 is 29.1 Å². The SMILES string of the molecule is NC1CCC(NC(=O)c2ccc(N3CCCN(C(=O)c4ccc(F)cc4)CC3)c(NC(=O)c3ccc(F)cc3)c2)CC1. The Bertz CT molecular complexity index is 1420. The van der Waals surface area contributed by atoms with Gasteiger partial charge in [0.15, 0.2) is 0 Å². The van der Waals surface area contributed by atoms with Gasteiger partial charge in [0.25, 0.3) is 17.7 Å². The Kier molecular flexibility index (Phi) is 9.12. The lowest BCUT2D eigenvalue weighted by atomic mass is 9.91. The maximum atomic E-state index is 13.5. The Hall–Kier alpha value is -4.31. The summed E-state index contributed by atoms with van der Waals surface area (Å²) in [5.41, 5.74) is 8.27. The van der Waals surface area contributed by atoms with Crippen molar-refractivity contribution in [1.29, 1.82) is 0 Å². The van der Waals surface area contributed by atoms with Gasteiger partial charge in [-0.3, -0.25) is 14.4 Å². The van der Waals surface area contributed by atoms with Crippen molar-refractivity contribution in [2.75, 3.05) is 36.4 Å². The van der Waals surface area contributed by atoms with Crippen LogP contribution < -0.4 is 21.3 Å². The van der Waals surface area contributed by atoms with Crippen molar-refractivity contribution in [3.05, 3.63) is 95.1 Å². The maximum Gasteiger partial charge on any atom is 0.255 e. The van der Waals surface area contributed by atoms with Crippen molar-refractivity contribution in [3.8, 4) is 0 Å². The molecule has 5 rings (SSSR count). The van der Waals surface area contributed by atoms with Crippen molar-refractivity contribution in [3.63, 3.8) is 0 Å². The topological polar surface area (TPSA) is 108 Å². The molecule has 10 heteroatoms. The molecule has 0 aromatic heterocycles. The van der Waals surface area contributed by atoms with Crippen molar-refractivity contribution in [1.82, 2.24) is 10.2 Å². The molecular formula is C32H35F2N5O3. The molecule has 0 unspecified atom stereocenters. The average molecular weight is 576 g/mol. The predicted octanol–water partition coefficient (Wildman–Crippen LogP) is 4.57. The molecule has 3 aromatic carbocycles. The van der Waals surface area contributed by atoms with Crippen LogP contribution in [0.3, 0.4) is 0 Å². The van der Waals surface area contributed by atoms with Gasteiger partial charge in [0.1, 0.15) is 11.6 Å². The van der Waals surface area contributed by atoms with E-state index in [0.717, 1.165) is 25.7 Å². The number of hydrogen-bond acceptors (Lipinski definition) is 5. The van der Waals surface area contributed by atoms with E-state index in [1.54, 1.807) is 17.0 Å². The zero-order valence-corrected chi connectivity index (χ0v) is 23.3. The Morgan fingerprint density at radius 2 is 1.33 bits per heavy atom. The number of nitrogens with two attached hydrogens (primary N) is 1. The van der Waals surface area contributed by atoms with E-state index < -0.39 is 17.5 Å². The molecule has 8 nitrogen and oxygen atoms in total. The quantitative estimate of drug-likeness (QED) is 0.399. The van der Waals surface area contributed by atoms with Crippen LogP contribution in [0.25, 0.3) is 0 Å². The lowest BCUT2D eigenvalue weighted by molar-refractivity contribution is 0.0766. The fourth-order valence-electron chi connectivity index (χ4n) is 5.52. The number of carbonyl (C=O) groups excluding carboxylic acids is 3. The molecule has 1 saturated carbocycles. The molecule has 1 aliphatic heterocycles. The summed E-state index contributed by atoms with van der Waals surface area (Å²) in [5.74, 6) is -1.68. The highest BCUT2D eigenvalue weighted by Gasteiger charge is 2.25. The van der Waals surface area contributed by atoms with E-state index in [2.05, 4.69) is 15.5 Å². The van der Waals surface area contributed by atoms with Gasteiger partial charge >= 0.3 is 0 Å². The summed E-state index contributed by atoms with van der Waals surface area (Å²) in [7, 11) is 0. The second kappa shape index (κ2) is 13.1. The molecule has 1 saturated heterocycles. The summed E-state index contributed by atoms with van der Waals surface area (Å²) in [6.07, 6.45) is 4.03. The molecule has 0 radical (unpaired) electrons. The molecule has 2 fully saturated rings. The Morgan fingerprint density at radius 3 is 2.00 bits per heavy atom. The monoisotopic (exact) mass is 575 g/mol. The average Bonchev–Trinajstić information content (AvgIpc) is 3.25. The summed E-state index contributed by atoms with van der Waals surface area (Å²) in [6, 6.07) is 16.2. The lowest BCUT2D eigenvalue weighted by Gasteiger charge is -2.28. The van der Waals surface area contributed by atoms with E-state index >= 15 is 0 Å². The van der Waals surface area contributed by atoms with Gasteiger partial charge in [-0.25, -0.2) is 8.78 Å². The number of anilines is 2. The van der Waals surface area contributed by atoms with Crippen molar-refractivity contribution in [2.45, 2.75) is 44.2 Å². The molecule has 0 atom stereocenters. The summed E-state index contributed by atoms with van der Waals surface area (Å²) in [4.78, 5) is 43.2. The normalized spacial score (nSPS) is 19.1. The molecule has 1 aliphatic carbocycles. The van der Waals surface area contributed by atoms with Gasteiger partial charge in [-0.05, 0) is 98.8 Å². The highest BCUT2D eigenvalue weighted by atomic mass is 19.1. The molecule has 3 amide bonds.